The van der Waals surface area contributed by atoms with Gasteiger partial charge in [-0.25, -0.2) is 0 Å². The van der Waals surface area contributed by atoms with Crippen LogP contribution in [0.4, 0.5) is 11.4 Å². The summed E-state index contributed by atoms with van der Waals surface area (Å²) < 4.78 is 0. The van der Waals surface area contributed by atoms with Crippen LogP contribution in [-0.2, 0) is 4.79 Å². The first-order chi connectivity index (χ1) is 9.91. The third kappa shape index (κ3) is 2.08. The van der Waals surface area contributed by atoms with E-state index in [9.17, 15) is 4.79 Å². The van der Waals surface area contributed by atoms with E-state index in [1.54, 1.807) is 30.1 Å². The van der Waals surface area contributed by atoms with Crippen LogP contribution >= 0.6 is 23.2 Å². The molecule has 0 spiro atoms. The van der Waals surface area contributed by atoms with Gasteiger partial charge in [-0.1, -0.05) is 35.3 Å². The standard InChI is InChI=1S/C16H14Cl2N2O/c1-8-11(18)7-12-14(15(8)19)13(16(21)20(12)2)9-3-5-10(17)6-4-9/h3-7,13H,19H2,1-2H3. The third-order valence-corrected chi connectivity index (χ3v) is 4.67. The number of nitrogens with two attached hydrogens (primary N) is 1. The summed E-state index contributed by atoms with van der Waals surface area (Å²) in [7, 11) is 1.74. The summed E-state index contributed by atoms with van der Waals surface area (Å²) >= 11 is 12.1. The molecule has 1 unspecified atom stereocenters. The van der Waals surface area contributed by atoms with Crippen LogP contribution in [0.5, 0.6) is 0 Å². The van der Waals surface area contributed by atoms with E-state index in [1.165, 1.54) is 0 Å². The smallest absolute Gasteiger partial charge is 0.238 e. The Morgan fingerprint density at radius 1 is 1.19 bits per heavy atom. The Morgan fingerprint density at radius 2 is 1.81 bits per heavy atom. The lowest BCUT2D eigenvalue weighted by Crippen LogP contribution is -2.24. The van der Waals surface area contributed by atoms with Crippen molar-refractivity contribution in [3.8, 4) is 0 Å². The first-order valence-electron chi connectivity index (χ1n) is 6.53. The van der Waals surface area contributed by atoms with Gasteiger partial charge in [-0.15, -0.1) is 0 Å². The monoisotopic (exact) mass is 320 g/mol. The summed E-state index contributed by atoms with van der Waals surface area (Å²) in [6.07, 6.45) is 0. The van der Waals surface area contributed by atoms with Crippen LogP contribution in [0.3, 0.4) is 0 Å². The Labute approximate surface area is 133 Å². The van der Waals surface area contributed by atoms with Crippen molar-refractivity contribution in [2.75, 3.05) is 17.7 Å². The maximum Gasteiger partial charge on any atom is 0.238 e. The number of amides is 1. The summed E-state index contributed by atoms with van der Waals surface area (Å²) in [5.41, 5.74) is 10.1. The van der Waals surface area contributed by atoms with E-state index in [-0.39, 0.29) is 5.91 Å². The fraction of sp³-hybridized carbons (Fsp3) is 0.188. The van der Waals surface area contributed by atoms with E-state index in [4.69, 9.17) is 28.9 Å². The SMILES string of the molecule is Cc1c(Cl)cc2c(c1N)C(c1ccc(Cl)cc1)C(=O)N2C. The van der Waals surface area contributed by atoms with Gasteiger partial charge in [0.25, 0.3) is 0 Å². The number of hydrogen-bond acceptors (Lipinski definition) is 2. The van der Waals surface area contributed by atoms with Crippen molar-refractivity contribution in [3.63, 3.8) is 0 Å². The highest BCUT2D eigenvalue weighted by molar-refractivity contribution is 6.32. The normalized spacial score (nSPS) is 17.2. The average molecular weight is 321 g/mol. The topological polar surface area (TPSA) is 46.3 Å². The zero-order valence-corrected chi connectivity index (χ0v) is 13.2. The van der Waals surface area contributed by atoms with Crippen LogP contribution in [0.15, 0.2) is 30.3 Å². The van der Waals surface area contributed by atoms with Gasteiger partial charge in [0.05, 0.1) is 11.6 Å². The van der Waals surface area contributed by atoms with Gasteiger partial charge < -0.3 is 10.6 Å². The minimum absolute atomic E-state index is 0.0133. The first kappa shape index (κ1) is 14.2. The molecule has 0 aromatic heterocycles. The molecular weight excluding hydrogens is 307 g/mol. The number of nitrogens with zero attached hydrogens (tertiary/aromatic N) is 1. The second-order valence-corrected chi connectivity index (χ2v) is 6.06. The molecule has 0 saturated carbocycles. The molecule has 0 aliphatic carbocycles. The van der Waals surface area contributed by atoms with Crippen molar-refractivity contribution in [1.29, 1.82) is 0 Å². The molecule has 2 aromatic rings. The minimum atomic E-state index is -0.404. The van der Waals surface area contributed by atoms with Gasteiger partial charge in [-0.3, -0.25) is 4.79 Å². The third-order valence-electron chi connectivity index (χ3n) is 4.02. The van der Waals surface area contributed by atoms with Gasteiger partial charge in [-0.2, -0.15) is 0 Å². The molecule has 1 aliphatic rings. The molecule has 2 aromatic carbocycles. The van der Waals surface area contributed by atoms with Crippen molar-refractivity contribution < 1.29 is 4.79 Å². The predicted molar refractivity (Wildman–Crippen MR) is 87.3 cm³/mol. The van der Waals surface area contributed by atoms with Gasteiger partial charge in [0, 0.05) is 28.3 Å². The van der Waals surface area contributed by atoms with Crippen LogP contribution in [-0.4, -0.2) is 13.0 Å². The van der Waals surface area contributed by atoms with Gasteiger partial charge in [0.2, 0.25) is 5.91 Å². The molecule has 0 saturated heterocycles. The molecule has 108 valence electrons. The Morgan fingerprint density at radius 3 is 2.43 bits per heavy atom. The lowest BCUT2D eigenvalue weighted by atomic mass is 9.90. The number of hydrogen-bond donors (Lipinski definition) is 1. The largest absolute Gasteiger partial charge is 0.398 e. The van der Waals surface area contributed by atoms with Crippen molar-refractivity contribution in [2.24, 2.45) is 0 Å². The van der Waals surface area contributed by atoms with Crippen molar-refractivity contribution >= 4 is 40.5 Å². The molecule has 1 heterocycles. The number of benzene rings is 2. The maximum absolute atomic E-state index is 12.6. The minimum Gasteiger partial charge on any atom is -0.398 e. The highest BCUT2D eigenvalue weighted by atomic mass is 35.5. The Kier molecular flexibility index (Phi) is 3.34. The molecule has 0 bridgehead atoms. The van der Waals surface area contributed by atoms with E-state index in [1.807, 2.05) is 19.1 Å². The van der Waals surface area contributed by atoms with Crippen LogP contribution in [0, 0.1) is 6.92 Å². The number of rotatable bonds is 1. The van der Waals surface area contributed by atoms with Gasteiger partial charge in [0.1, 0.15) is 0 Å². The number of halogens is 2. The molecule has 1 amide bonds. The van der Waals surface area contributed by atoms with Crippen molar-refractivity contribution in [2.45, 2.75) is 12.8 Å². The zero-order chi connectivity index (χ0) is 15.3. The van der Waals surface area contributed by atoms with E-state index in [0.717, 1.165) is 22.4 Å². The van der Waals surface area contributed by atoms with Crippen LogP contribution < -0.4 is 10.6 Å². The highest BCUT2D eigenvalue weighted by Crippen LogP contribution is 2.46. The molecule has 21 heavy (non-hydrogen) atoms. The highest BCUT2D eigenvalue weighted by Gasteiger charge is 2.38. The van der Waals surface area contributed by atoms with E-state index < -0.39 is 5.92 Å². The predicted octanol–water partition coefficient (Wildman–Crippen LogP) is 3.99. The summed E-state index contributed by atoms with van der Waals surface area (Å²) in [6.45, 7) is 1.86. The number of carbonyl (C=O) groups excluding carboxylic acids is 1. The lowest BCUT2D eigenvalue weighted by Gasteiger charge is -2.14. The second kappa shape index (κ2) is 4.93. The van der Waals surface area contributed by atoms with Gasteiger partial charge in [0.15, 0.2) is 0 Å². The Bertz CT molecular complexity index is 741. The first-order valence-corrected chi connectivity index (χ1v) is 7.29. The molecule has 3 rings (SSSR count). The summed E-state index contributed by atoms with van der Waals surface area (Å²) in [4.78, 5) is 14.2. The molecule has 0 radical (unpaired) electrons. The Hall–Kier alpha value is -1.71. The summed E-state index contributed by atoms with van der Waals surface area (Å²) in [6, 6.07) is 9.08. The molecule has 0 fully saturated rings. The van der Waals surface area contributed by atoms with E-state index >= 15 is 0 Å². The van der Waals surface area contributed by atoms with Crippen LogP contribution in [0.2, 0.25) is 10.0 Å². The number of likely N-dealkylation sites (N-methyl/N-ethyl adjacent to an activating group) is 1. The van der Waals surface area contributed by atoms with Crippen molar-refractivity contribution in [3.05, 3.63) is 57.1 Å². The van der Waals surface area contributed by atoms with Gasteiger partial charge >= 0.3 is 0 Å². The Balaban J connectivity index is 2.24. The zero-order valence-electron chi connectivity index (χ0n) is 11.7. The second-order valence-electron chi connectivity index (χ2n) is 5.21. The maximum atomic E-state index is 12.6. The van der Waals surface area contributed by atoms with Crippen LogP contribution in [0.1, 0.15) is 22.6 Å². The summed E-state index contributed by atoms with van der Waals surface area (Å²) in [5.74, 6) is -0.418. The average Bonchev–Trinajstić information content (AvgIpc) is 2.71. The fourth-order valence-corrected chi connectivity index (χ4v) is 3.09. The van der Waals surface area contributed by atoms with Crippen molar-refractivity contribution in [1.82, 2.24) is 0 Å². The van der Waals surface area contributed by atoms with Crippen LogP contribution in [0.25, 0.3) is 0 Å². The number of nitrogen functional groups attached to an aromatic ring is 1. The van der Waals surface area contributed by atoms with E-state index in [0.29, 0.717) is 15.7 Å². The number of anilines is 2. The molecule has 2 N–H and O–H groups in total. The van der Waals surface area contributed by atoms with Gasteiger partial charge in [-0.05, 0) is 36.2 Å². The van der Waals surface area contributed by atoms with E-state index in [2.05, 4.69) is 0 Å². The molecule has 1 aliphatic heterocycles. The number of carbonyl (C=O) groups is 1. The molecular formula is C16H14Cl2N2O. The molecule has 3 nitrogen and oxygen atoms in total. The molecule has 5 heteroatoms. The molecule has 1 atom stereocenters. The summed E-state index contributed by atoms with van der Waals surface area (Å²) in [5, 5.41) is 1.21. The fourth-order valence-electron chi connectivity index (χ4n) is 2.76. The quantitative estimate of drug-likeness (QED) is 0.807. The lowest BCUT2D eigenvalue weighted by molar-refractivity contribution is -0.118. The number of fused-ring (bicyclic) bond motifs is 1.